The number of nitrogens with one attached hydrogen (secondary N) is 1. The summed E-state index contributed by atoms with van der Waals surface area (Å²) in [5.74, 6) is -0.885. The Morgan fingerprint density at radius 3 is 2.50 bits per heavy atom. The minimum absolute atomic E-state index is 0.166. The average Bonchev–Trinajstić information content (AvgIpc) is 2.33. The Balaban J connectivity index is 2.38. The first-order chi connectivity index (χ1) is 9.29. The molecule has 2 aromatic carbocycles. The number of rotatable bonds is 3. The first-order valence-corrected chi connectivity index (χ1v) is 7.91. The van der Waals surface area contributed by atoms with E-state index in [0.29, 0.717) is 5.69 Å². The molecule has 0 spiro atoms. The predicted molar refractivity (Wildman–Crippen MR) is 80.5 cm³/mol. The number of nitrogen functional groups attached to an aromatic ring is 1. The molecule has 0 aromatic heterocycles. The van der Waals surface area contributed by atoms with Crippen molar-refractivity contribution in [3.8, 4) is 0 Å². The number of nitrogens with two attached hydrogens (primary N) is 1. The SMILES string of the molecule is Cc1ccc(NS(=O)(=O)c2ccc(N)cc2F)cc1Br. The monoisotopic (exact) mass is 358 g/mol. The van der Waals surface area contributed by atoms with Crippen molar-refractivity contribution in [1.82, 2.24) is 0 Å². The molecule has 3 N–H and O–H groups in total. The van der Waals surface area contributed by atoms with E-state index in [1.807, 2.05) is 6.92 Å². The third-order valence-corrected chi connectivity index (χ3v) is 4.94. The maximum Gasteiger partial charge on any atom is 0.264 e. The van der Waals surface area contributed by atoms with Crippen LogP contribution in [0.3, 0.4) is 0 Å². The lowest BCUT2D eigenvalue weighted by atomic mass is 10.2. The Morgan fingerprint density at radius 2 is 1.90 bits per heavy atom. The molecule has 20 heavy (non-hydrogen) atoms. The molecule has 0 fully saturated rings. The molecule has 0 atom stereocenters. The third kappa shape index (κ3) is 3.10. The van der Waals surface area contributed by atoms with Gasteiger partial charge in [-0.05, 0) is 42.8 Å². The van der Waals surface area contributed by atoms with Gasteiger partial charge in [-0.25, -0.2) is 12.8 Å². The third-order valence-electron chi connectivity index (χ3n) is 2.67. The lowest BCUT2D eigenvalue weighted by Crippen LogP contribution is -2.14. The van der Waals surface area contributed by atoms with Crippen LogP contribution < -0.4 is 10.5 Å². The second kappa shape index (κ2) is 5.41. The van der Waals surface area contributed by atoms with E-state index in [1.165, 1.54) is 6.07 Å². The first kappa shape index (κ1) is 14.8. The molecule has 0 aliphatic rings. The number of sulfonamides is 1. The Morgan fingerprint density at radius 1 is 1.20 bits per heavy atom. The number of hydrogen-bond acceptors (Lipinski definition) is 3. The van der Waals surface area contributed by atoms with Crippen molar-refractivity contribution in [2.75, 3.05) is 10.5 Å². The zero-order valence-corrected chi connectivity index (χ0v) is 12.9. The molecule has 0 saturated heterocycles. The van der Waals surface area contributed by atoms with Crippen molar-refractivity contribution in [3.63, 3.8) is 0 Å². The highest BCUT2D eigenvalue weighted by Gasteiger charge is 2.19. The lowest BCUT2D eigenvalue weighted by Gasteiger charge is -2.10. The van der Waals surface area contributed by atoms with Crippen LogP contribution in [-0.4, -0.2) is 8.42 Å². The molecule has 0 radical (unpaired) electrons. The molecule has 2 rings (SSSR count). The largest absolute Gasteiger partial charge is 0.399 e. The van der Waals surface area contributed by atoms with E-state index in [4.69, 9.17) is 5.73 Å². The second-order valence-electron chi connectivity index (χ2n) is 4.26. The van der Waals surface area contributed by atoms with E-state index in [0.717, 1.165) is 22.2 Å². The molecule has 0 aliphatic carbocycles. The summed E-state index contributed by atoms with van der Waals surface area (Å²) in [7, 11) is -3.99. The fraction of sp³-hybridized carbons (Fsp3) is 0.0769. The van der Waals surface area contributed by atoms with E-state index < -0.39 is 20.7 Å². The van der Waals surface area contributed by atoms with Crippen LogP contribution in [0.4, 0.5) is 15.8 Å². The summed E-state index contributed by atoms with van der Waals surface area (Å²) in [6.45, 7) is 1.88. The Bertz CT molecular complexity index is 763. The molecule has 7 heteroatoms. The van der Waals surface area contributed by atoms with Crippen LogP contribution in [-0.2, 0) is 10.0 Å². The van der Waals surface area contributed by atoms with E-state index in [2.05, 4.69) is 20.7 Å². The summed E-state index contributed by atoms with van der Waals surface area (Å²) in [6, 6.07) is 8.41. The van der Waals surface area contributed by atoms with Gasteiger partial charge in [0.25, 0.3) is 10.0 Å². The van der Waals surface area contributed by atoms with E-state index in [9.17, 15) is 12.8 Å². The highest BCUT2D eigenvalue weighted by Crippen LogP contribution is 2.24. The fourth-order valence-electron chi connectivity index (χ4n) is 1.60. The Kier molecular flexibility index (Phi) is 4.01. The van der Waals surface area contributed by atoms with Gasteiger partial charge in [0.15, 0.2) is 0 Å². The topological polar surface area (TPSA) is 72.2 Å². The zero-order valence-electron chi connectivity index (χ0n) is 10.5. The van der Waals surface area contributed by atoms with Crippen LogP contribution in [0.5, 0.6) is 0 Å². The van der Waals surface area contributed by atoms with Crippen LogP contribution in [0.2, 0.25) is 0 Å². The van der Waals surface area contributed by atoms with Crippen LogP contribution in [0.15, 0.2) is 45.8 Å². The van der Waals surface area contributed by atoms with Crippen LogP contribution in [0.1, 0.15) is 5.56 Å². The molecule has 0 aliphatic heterocycles. The summed E-state index contributed by atoms with van der Waals surface area (Å²) in [5, 5.41) is 0. The van der Waals surface area contributed by atoms with E-state index in [1.54, 1.807) is 18.2 Å². The molecule has 106 valence electrons. The van der Waals surface area contributed by atoms with Crippen molar-refractivity contribution in [1.29, 1.82) is 0 Å². The van der Waals surface area contributed by atoms with Gasteiger partial charge in [-0.3, -0.25) is 4.72 Å². The highest BCUT2D eigenvalue weighted by atomic mass is 79.9. The van der Waals surface area contributed by atoms with Gasteiger partial charge in [0.1, 0.15) is 10.7 Å². The van der Waals surface area contributed by atoms with Crippen molar-refractivity contribution >= 4 is 37.3 Å². The van der Waals surface area contributed by atoms with Crippen molar-refractivity contribution in [3.05, 3.63) is 52.3 Å². The maximum atomic E-state index is 13.7. The van der Waals surface area contributed by atoms with Crippen molar-refractivity contribution < 1.29 is 12.8 Å². The summed E-state index contributed by atoms with van der Waals surface area (Å²) in [6.07, 6.45) is 0. The number of aryl methyl sites for hydroxylation is 1. The minimum atomic E-state index is -3.99. The van der Waals surface area contributed by atoms with Crippen LogP contribution >= 0.6 is 15.9 Å². The van der Waals surface area contributed by atoms with E-state index >= 15 is 0 Å². The number of halogens is 2. The summed E-state index contributed by atoms with van der Waals surface area (Å²) in [4.78, 5) is -0.441. The Labute approximate surface area is 125 Å². The van der Waals surface area contributed by atoms with Gasteiger partial charge >= 0.3 is 0 Å². The van der Waals surface area contributed by atoms with Crippen LogP contribution in [0.25, 0.3) is 0 Å². The minimum Gasteiger partial charge on any atom is -0.399 e. The molecule has 4 nitrogen and oxygen atoms in total. The highest BCUT2D eigenvalue weighted by molar-refractivity contribution is 9.10. The molecule has 0 unspecified atom stereocenters. The summed E-state index contributed by atoms with van der Waals surface area (Å²) in [5.41, 5.74) is 6.88. The number of hydrogen-bond donors (Lipinski definition) is 2. The van der Waals surface area contributed by atoms with Gasteiger partial charge in [0, 0.05) is 15.8 Å². The van der Waals surface area contributed by atoms with Gasteiger partial charge in [-0.2, -0.15) is 0 Å². The van der Waals surface area contributed by atoms with Gasteiger partial charge < -0.3 is 5.73 Å². The summed E-state index contributed by atoms with van der Waals surface area (Å²) >= 11 is 3.31. The van der Waals surface area contributed by atoms with Gasteiger partial charge in [0.05, 0.1) is 0 Å². The van der Waals surface area contributed by atoms with Gasteiger partial charge in [-0.15, -0.1) is 0 Å². The average molecular weight is 359 g/mol. The quantitative estimate of drug-likeness (QED) is 0.827. The maximum absolute atomic E-state index is 13.7. The molecule has 0 amide bonds. The number of benzene rings is 2. The molecule has 0 heterocycles. The number of anilines is 2. The Hall–Kier alpha value is -1.60. The molecular weight excluding hydrogens is 347 g/mol. The molecular formula is C13H12BrFN2O2S. The van der Waals surface area contributed by atoms with Gasteiger partial charge in [0.2, 0.25) is 0 Å². The first-order valence-electron chi connectivity index (χ1n) is 5.63. The van der Waals surface area contributed by atoms with Gasteiger partial charge in [-0.1, -0.05) is 22.0 Å². The molecule has 0 bridgehead atoms. The van der Waals surface area contributed by atoms with Crippen molar-refractivity contribution in [2.45, 2.75) is 11.8 Å². The smallest absolute Gasteiger partial charge is 0.264 e. The van der Waals surface area contributed by atoms with E-state index in [-0.39, 0.29) is 5.69 Å². The normalized spacial score (nSPS) is 11.3. The fourth-order valence-corrected chi connectivity index (χ4v) is 3.09. The predicted octanol–water partition coefficient (Wildman–Crippen LogP) is 3.28. The standard InChI is InChI=1S/C13H12BrFN2O2S/c1-8-2-4-10(7-11(8)14)17-20(18,19)13-5-3-9(16)6-12(13)15/h2-7,17H,16H2,1H3. The molecule has 0 saturated carbocycles. The summed E-state index contributed by atoms with van der Waals surface area (Å²) < 4.78 is 41.0. The van der Waals surface area contributed by atoms with Crippen LogP contribution in [0, 0.1) is 12.7 Å². The molecule has 2 aromatic rings. The second-order valence-corrected chi connectivity index (χ2v) is 6.76. The zero-order chi connectivity index (χ0) is 14.9. The lowest BCUT2D eigenvalue weighted by molar-refractivity contribution is 0.571. The van der Waals surface area contributed by atoms with Crippen molar-refractivity contribution in [2.24, 2.45) is 0 Å².